The Morgan fingerprint density at radius 1 is 1.04 bits per heavy atom. The summed E-state index contributed by atoms with van der Waals surface area (Å²) in [5.74, 6) is -2.38. The number of hydrogen-bond acceptors (Lipinski definition) is 9. The van der Waals surface area contributed by atoms with Crippen molar-refractivity contribution in [1.29, 1.82) is 0 Å². The van der Waals surface area contributed by atoms with Crippen LogP contribution in [0.5, 0.6) is 0 Å². The van der Waals surface area contributed by atoms with Crippen LogP contribution in [-0.2, 0) is 30.3 Å². The molecule has 4 atom stereocenters. The molecule has 1 aromatic heterocycles. The van der Waals surface area contributed by atoms with E-state index in [1.54, 1.807) is 18.0 Å². The Hall–Kier alpha value is -5.26. The summed E-state index contributed by atoms with van der Waals surface area (Å²) in [5.41, 5.74) is 1.08. The first kappa shape index (κ1) is 41.4. The number of benzene rings is 2. The Morgan fingerprint density at radius 2 is 1.79 bits per heavy atom. The summed E-state index contributed by atoms with van der Waals surface area (Å²) in [6.07, 6.45) is 3.21. The van der Waals surface area contributed by atoms with E-state index in [1.807, 2.05) is 34.9 Å². The number of nitrogens with one attached hydrogen (secondary N) is 3. The molecule has 2 fully saturated rings. The van der Waals surface area contributed by atoms with Crippen LogP contribution in [0.2, 0.25) is 0 Å². The summed E-state index contributed by atoms with van der Waals surface area (Å²) in [6, 6.07) is 10.9. The Bertz CT molecular complexity index is 1870. The number of carbonyl (C=O) groups is 4. The van der Waals surface area contributed by atoms with Crippen molar-refractivity contribution in [1.82, 2.24) is 35.3 Å². The lowest BCUT2D eigenvalue weighted by Crippen LogP contribution is -2.52. The number of urea groups is 1. The maximum atomic E-state index is 15.3. The van der Waals surface area contributed by atoms with Gasteiger partial charge in [0, 0.05) is 81.8 Å². The van der Waals surface area contributed by atoms with Crippen LogP contribution in [0.3, 0.4) is 0 Å². The zero-order valence-corrected chi connectivity index (χ0v) is 31.7. The van der Waals surface area contributed by atoms with Crippen LogP contribution in [0, 0.1) is 23.5 Å². The summed E-state index contributed by atoms with van der Waals surface area (Å²) < 4.78 is 63.1. The number of hydrogen-bond donors (Lipinski definition) is 3. The minimum atomic E-state index is -1.21. The van der Waals surface area contributed by atoms with Gasteiger partial charge in [0.15, 0.2) is 0 Å². The van der Waals surface area contributed by atoms with Gasteiger partial charge in [-0.25, -0.2) is 27.7 Å². The third-order valence-corrected chi connectivity index (χ3v) is 10.2. The highest BCUT2D eigenvalue weighted by molar-refractivity contribution is 6.12. The Balaban J connectivity index is 1.18. The molecular weight excluding hydrogens is 747 g/mol. The molecule has 4 heterocycles. The van der Waals surface area contributed by atoms with Crippen molar-refractivity contribution in [3.8, 4) is 11.3 Å². The van der Waals surface area contributed by atoms with Crippen LogP contribution >= 0.6 is 0 Å². The molecule has 3 aliphatic heterocycles. The summed E-state index contributed by atoms with van der Waals surface area (Å²) in [5, 5.41) is 8.65. The molecule has 3 N–H and O–H groups in total. The molecule has 0 bridgehead atoms. The molecule has 6 rings (SSSR count). The average molecular weight is 796 g/mol. The Kier molecular flexibility index (Phi) is 14.3. The number of halogens is 3. The predicted octanol–water partition coefficient (Wildman–Crippen LogP) is 3.97. The predicted molar refractivity (Wildman–Crippen MR) is 201 cm³/mol. The number of nitrogens with zero attached hydrogens (tertiary/aromatic N) is 4. The summed E-state index contributed by atoms with van der Waals surface area (Å²) in [6.45, 7) is 3.50. The molecule has 0 radical (unpaired) electrons. The second-order valence-corrected chi connectivity index (χ2v) is 14.3. The third-order valence-electron chi connectivity index (χ3n) is 10.2. The van der Waals surface area contributed by atoms with Crippen molar-refractivity contribution in [3.63, 3.8) is 0 Å². The smallest absolute Gasteiger partial charge is 0.407 e. The van der Waals surface area contributed by atoms with E-state index in [-0.39, 0.29) is 63.2 Å². The highest BCUT2D eigenvalue weighted by Gasteiger charge is 2.40. The molecule has 0 aliphatic carbocycles. The van der Waals surface area contributed by atoms with E-state index in [4.69, 9.17) is 19.2 Å². The van der Waals surface area contributed by atoms with Gasteiger partial charge in [0.05, 0.1) is 31.5 Å². The SMILES string of the molecule is CC(CNC(=O)OCCOCCN1C(=O)C=CC1=O)NC(=O)N(CC1CNCC1F)C(c1nc(-c2cc(F)ccc2F)cn1Cc1ccccc1)C1CCOCC1. The molecule has 17 heteroatoms. The first-order chi connectivity index (χ1) is 27.6. The first-order valence-corrected chi connectivity index (χ1v) is 19.2. The van der Waals surface area contributed by atoms with Gasteiger partial charge in [-0.3, -0.25) is 14.5 Å². The van der Waals surface area contributed by atoms with E-state index in [1.165, 1.54) is 12.2 Å². The van der Waals surface area contributed by atoms with E-state index in [2.05, 4.69) is 16.0 Å². The van der Waals surface area contributed by atoms with Crippen LogP contribution in [0.4, 0.5) is 22.8 Å². The van der Waals surface area contributed by atoms with Crippen molar-refractivity contribution in [2.24, 2.45) is 11.8 Å². The molecule has 4 unspecified atom stereocenters. The lowest BCUT2D eigenvalue weighted by Gasteiger charge is -2.40. The number of imide groups is 1. The second kappa shape index (κ2) is 19.7. The van der Waals surface area contributed by atoms with Gasteiger partial charge in [0.2, 0.25) is 0 Å². The number of imidazole rings is 1. The fraction of sp³-hybridized carbons (Fsp3) is 0.475. The van der Waals surface area contributed by atoms with E-state index >= 15 is 8.78 Å². The van der Waals surface area contributed by atoms with E-state index in [0.717, 1.165) is 28.7 Å². The van der Waals surface area contributed by atoms with Crippen LogP contribution < -0.4 is 16.0 Å². The van der Waals surface area contributed by atoms with E-state index in [9.17, 15) is 23.6 Å². The molecule has 57 heavy (non-hydrogen) atoms. The van der Waals surface area contributed by atoms with Crippen molar-refractivity contribution < 1.29 is 46.6 Å². The minimum absolute atomic E-state index is 0.00423. The standard InChI is InChI=1S/C40H48F3N7O7/c1-26(20-45-40(54)57-18-17-56-16-13-49-35(51)9-10-36(49)52)46-39(53)50(24-29-21-44-22-33(29)43)37(28-11-14-55-15-12-28)38-47-34(31-19-30(41)7-8-32(31)42)25-48(38)23-27-5-3-2-4-6-27/h2-10,19,25-26,28-29,33,37,44H,11-18,20-24H2,1H3,(H,45,54)(H,46,53). The summed E-state index contributed by atoms with van der Waals surface area (Å²) in [4.78, 5) is 57.8. The average Bonchev–Trinajstić information content (AvgIpc) is 3.91. The van der Waals surface area contributed by atoms with Gasteiger partial charge in [-0.2, -0.15) is 0 Å². The fourth-order valence-corrected chi connectivity index (χ4v) is 7.22. The molecule has 306 valence electrons. The minimum Gasteiger partial charge on any atom is -0.447 e. The Labute approximate surface area is 328 Å². The van der Waals surface area contributed by atoms with Crippen molar-refractivity contribution in [2.45, 2.75) is 44.6 Å². The van der Waals surface area contributed by atoms with Gasteiger partial charge < -0.3 is 39.6 Å². The topological polar surface area (TPSA) is 156 Å². The quantitative estimate of drug-likeness (QED) is 0.136. The Morgan fingerprint density at radius 3 is 2.51 bits per heavy atom. The largest absolute Gasteiger partial charge is 0.447 e. The molecule has 2 saturated heterocycles. The normalized spacial score (nSPS) is 19.5. The van der Waals surface area contributed by atoms with Gasteiger partial charge >= 0.3 is 12.1 Å². The van der Waals surface area contributed by atoms with Gasteiger partial charge in [-0.1, -0.05) is 30.3 Å². The number of rotatable bonds is 17. The number of carbonyl (C=O) groups excluding carboxylic acids is 4. The molecular formula is C40H48F3N7O7. The fourth-order valence-electron chi connectivity index (χ4n) is 7.22. The molecule has 2 aromatic carbocycles. The van der Waals surface area contributed by atoms with Gasteiger partial charge in [0.25, 0.3) is 11.8 Å². The van der Waals surface area contributed by atoms with Crippen LogP contribution in [0.1, 0.15) is 37.2 Å². The van der Waals surface area contributed by atoms with Crippen molar-refractivity contribution in [2.75, 3.05) is 65.8 Å². The summed E-state index contributed by atoms with van der Waals surface area (Å²) >= 11 is 0. The molecule has 3 aromatic rings. The number of aromatic nitrogens is 2. The summed E-state index contributed by atoms with van der Waals surface area (Å²) in [7, 11) is 0. The van der Waals surface area contributed by atoms with E-state index in [0.29, 0.717) is 45.0 Å². The van der Waals surface area contributed by atoms with Crippen LogP contribution in [-0.4, -0.2) is 121 Å². The highest BCUT2D eigenvalue weighted by Crippen LogP contribution is 2.38. The maximum Gasteiger partial charge on any atom is 0.407 e. The van der Waals surface area contributed by atoms with Gasteiger partial charge in [0.1, 0.15) is 30.2 Å². The lowest BCUT2D eigenvalue weighted by molar-refractivity contribution is -0.137. The first-order valence-electron chi connectivity index (χ1n) is 19.2. The number of alkyl carbamates (subject to hydrolysis) is 1. The highest BCUT2D eigenvalue weighted by atomic mass is 19.1. The number of ether oxygens (including phenoxy) is 3. The zero-order valence-electron chi connectivity index (χ0n) is 31.7. The second-order valence-electron chi connectivity index (χ2n) is 14.3. The number of amides is 5. The third kappa shape index (κ3) is 11.0. The van der Waals surface area contributed by atoms with Gasteiger partial charge in [-0.15, -0.1) is 0 Å². The van der Waals surface area contributed by atoms with Crippen molar-refractivity contribution in [3.05, 3.63) is 89.9 Å². The maximum absolute atomic E-state index is 15.3. The molecule has 0 spiro atoms. The monoisotopic (exact) mass is 795 g/mol. The zero-order chi connectivity index (χ0) is 40.3. The lowest BCUT2D eigenvalue weighted by atomic mass is 9.89. The van der Waals surface area contributed by atoms with Crippen molar-refractivity contribution >= 4 is 23.9 Å². The van der Waals surface area contributed by atoms with Crippen LogP contribution in [0.25, 0.3) is 11.3 Å². The number of alkyl halides is 1. The molecule has 5 amide bonds. The van der Waals surface area contributed by atoms with Crippen LogP contribution in [0.15, 0.2) is 66.9 Å². The van der Waals surface area contributed by atoms with E-state index < -0.39 is 59.7 Å². The molecule has 14 nitrogen and oxygen atoms in total. The molecule has 0 saturated carbocycles. The molecule has 3 aliphatic rings. The van der Waals surface area contributed by atoms with Gasteiger partial charge in [-0.05, 0) is 49.4 Å².